The summed E-state index contributed by atoms with van der Waals surface area (Å²) in [6.07, 6.45) is 4.31. The Morgan fingerprint density at radius 1 is 1.07 bits per heavy atom. The van der Waals surface area contributed by atoms with E-state index in [4.69, 9.17) is 9.97 Å². The highest BCUT2D eigenvalue weighted by Gasteiger charge is 2.29. The number of fused-ring (bicyclic) bond motifs is 1. The Morgan fingerprint density at radius 2 is 1.93 bits per heavy atom. The van der Waals surface area contributed by atoms with Crippen molar-refractivity contribution in [3.05, 3.63) is 53.6 Å². The number of likely N-dealkylation sites (tertiary alicyclic amines) is 1. The molecule has 2 aliphatic rings. The smallest absolute Gasteiger partial charge is 0.121 e. The van der Waals surface area contributed by atoms with E-state index < -0.39 is 0 Å². The summed E-state index contributed by atoms with van der Waals surface area (Å²) in [6, 6.07) is 11.1. The number of benzene rings is 1. The zero-order valence-corrected chi connectivity index (χ0v) is 17.4. The molecule has 0 bridgehead atoms. The highest BCUT2D eigenvalue weighted by Crippen LogP contribution is 2.34. The van der Waals surface area contributed by atoms with Crippen LogP contribution in [0.5, 0.6) is 0 Å². The molecule has 3 aromatic rings. The predicted octanol–water partition coefficient (Wildman–Crippen LogP) is 3.36. The number of likely N-dealkylation sites (N-methyl/N-ethyl adjacent to an activating group) is 1. The molecule has 29 heavy (non-hydrogen) atoms. The van der Waals surface area contributed by atoms with Gasteiger partial charge in [-0.1, -0.05) is 12.1 Å². The van der Waals surface area contributed by atoms with Gasteiger partial charge in [0.1, 0.15) is 5.82 Å². The van der Waals surface area contributed by atoms with Crippen molar-refractivity contribution in [2.45, 2.75) is 32.4 Å². The van der Waals surface area contributed by atoms with E-state index in [1.54, 1.807) is 0 Å². The van der Waals surface area contributed by atoms with E-state index in [1.807, 2.05) is 12.3 Å². The van der Waals surface area contributed by atoms with Crippen molar-refractivity contribution in [2.75, 3.05) is 44.7 Å². The molecule has 0 amide bonds. The van der Waals surface area contributed by atoms with E-state index in [0.29, 0.717) is 6.04 Å². The monoisotopic (exact) mass is 390 g/mol. The van der Waals surface area contributed by atoms with Crippen molar-refractivity contribution in [2.24, 2.45) is 0 Å². The molecule has 2 saturated heterocycles. The number of para-hydroxylation sites is 1. The van der Waals surface area contributed by atoms with Crippen LogP contribution in [0.25, 0.3) is 11.0 Å². The Labute approximate surface area is 172 Å². The van der Waals surface area contributed by atoms with E-state index in [2.05, 4.69) is 57.9 Å². The highest BCUT2D eigenvalue weighted by atomic mass is 15.3. The lowest BCUT2D eigenvalue weighted by Gasteiger charge is -2.34. The third-order valence-corrected chi connectivity index (χ3v) is 6.47. The van der Waals surface area contributed by atoms with Crippen LogP contribution in [0.2, 0.25) is 0 Å². The molecular formula is C23H30N6. The first-order valence-electron chi connectivity index (χ1n) is 10.8. The molecule has 0 saturated carbocycles. The zero-order chi connectivity index (χ0) is 19.8. The van der Waals surface area contributed by atoms with Crippen molar-refractivity contribution >= 4 is 16.7 Å². The Kier molecular flexibility index (Phi) is 4.97. The molecule has 6 heteroatoms. The first-order chi connectivity index (χ1) is 14.2. The molecule has 2 aromatic heterocycles. The first-order valence-corrected chi connectivity index (χ1v) is 10.8. The van der Waals surface area contributed by atoms with Crippen LogP contribution in [-0.2, 0) is 6.54 Å². The van der Waals surface area contributed by atoms with Gasteiger partial charge in [-0.15, -0.1) is 0 Å². The number of hydrogen-bond acceptors (Lipinski definition) is 5. The van der Waals surface area contributed by atoms with Crippen molar-refractivity contribution < 1.29 is 0 Å². The van der Waals surface area contributed by atoms with Gasteiger partial charge in [0.25, 0.3) is 0 Å². The third kappa shape index (κ3) is 3.63. The van der Waals surface area contributed by atoms with Crippen LogP contribution >= 0.6 is 0 Å². The standard InChI is InChI=1S/C23H30N6/c1-17-6-4-10-24-22(17)19-9-5-11-29(19)16-21-25-18-7-3-8-20(23(18)26-21)28-14-12-27(2)13-15-28/h3-4,6-8,10,19H,5,9,11-16H2,1-2H3,(H,25,26). The van der Waals surface area contributed by atoms with E-state index in [0.717, 1.165) is 50.6 Å². The number of imidazole rings is 1. The second-order valence-corrected chi connectivity index (χ2v) is 8.48. The van der Waals surface area contributed by atoms with Crippen LogP contribution in [-0.4, -0.2) is 64.5 Å². The number of pyridine rings is 1. The van der Waals surface area contributed by atoms with Crippen LogP contribution < -0.4 is 4.90 Å². The van der Waals surface area contributed by atoms with Gasteiger partial charge in [0.2, 0.25) is 0 Å². The van der Waals surface area contributed by atoms with Crippen molar-refractivity contribution in [3.63, 3.8) is 0 Å². The largest absolute Gasteiger partial charge is 0.367 e. The lowest BCUT2D eigenvalue weighted by atomic mass is 10.1. The average molecular weight is 391 g/mol. The van der Waals surface area contributed by atoms with Crippen LogP contribution in [0.4, 0.5) is 5.69 Å². The lowest BCUT2D eigenvalue weighted by Crippen LogP contribution is -2.44. The van der Waals surface area contributed by atoms with Gasteiger partial charge in [-0.2, -0.15) is 0 Å². The highest BCUT2D eigenvalue weighted by molar-refractivity contribution is 5.89. The summed E-state index contributed by atoms with van der Waals surface area (Å²) in [5.41, 5.74) is 6.04. The Balaban J connectivity index is 1.40. The minimum Gasteiger partial charge on any atom is -0.367 e. The van der Waals surface area contributed by atoms with Crippen LogP contribution in [0.15, 0.2) is 36.5 Å². The number of H-pyrrole nitrogens is 1. The van der Waals surface area contributed by atoms with Gasteiger partial charge in [0.05, 0.1) is 35.0 Å². The third-order valence-electron chi connectivity index (χ3n) is 6.47. The Bertz CT molecular complexity index is 988. The predicted molar refractivity (Wildman–Crippen MR) is 117 cm³/mol. The maximum atomic E-state index is 4.94. The number of nitrogens with zero attached hydrogens (tertiary/aromatic N) is 5. The molecule has 0 aliphatic carbocycles. The summed E-state index contributed by atoms with van der Waals surface area (Å²) in [5.74, 6) is 1.06. The molecular weight excluding hydrogens is 360 g/mol. The molecule has 0 spiro atoms. The van der Waals surface area contributed by atoms with Crippen LogP contribution in [0.1, 0.15) is 36.0 Å². The maximum absolute atomic E-state index is 4.94. The molecule has 1 N–H and O–H groups in total. The summed E-state index contributed by atoms with van der Waals surface area (Å²) >= 11 is 0. The SMILES string of the molecule is Cc1cccnc1C1CCCN1Cc1nc2cccc(N3CCN(C)CC3)c2[nH]1. The summed E-state index contributed by atoms with van der Waals surface area (Å²) in [4.78, 5) is 20.7. The van der Waals surface area contributed by atoms with E-state index in [-0.39, 0.29) is 0 Å². The second kappa shape index (κ2) is 7.76. The number of rotatable bonds is 4. The van der Waals surface area contributed by atoms with Gasteiger partial charge in [-0.25, -0.2) is 4.98 Å². The number of aromatic nitrogens is 3. The fourth-order valence-corrected chi connectivity index (χ4v) is 4.82. The topological polar surface area (TPSA) is 51.3 Å². The average Bonchev–Trinajstić information content (AvgIpc) is 3.35. The van der Waals surface area contributed by atoms with E-state index >= 15 is 0 Å². The molecule has 0 radical (unpaired) electrons. The fourth-order valence-electron chi connectivity index (χ4n) is 4.82. The number of hydrogen-bond donors (Lipinski definition) is 1. The molecule has 152 valence electrons. The van der Waals surface area contributed by atoms with Crippen LogP contribution in [0.3, 0.4) is 0 Å². The summed E-state index contributed by atoms with van der Waals surface area (Å²) in [5, 5.41) is 0. The Hall–Kier alpha value is -2.44. The minimum atomic E-state index is 0.390. The van der Waals surface area contributed by atoms with Gasteiger partial charge in [0.15, 0.2) is 0 Å². The van der Waals surface area contributed by atoms with Gasteiger partial charge >= 0.3 is 0 Å². The number of piperazine rings is 1. The van der Waals surface area contributed by atoms with E-state index in [9.17, 15) is 0 Å². The molecule has 5 rings (SSSR count). The summed E-state index contributed by atoms with van der Waals surface area (Å²) in [7, 11) is 2.20. The van der Waals surface area contributed by atoms with Gasteiger partial charge < -0.3 is 14.8 Å². The van der Waals surface area contributed by atoms with E-state index in [1.165, 1.54) is 35.3 Å². The number of nitrogens with one attached hydrogen (secondary N) is 1. The molecule has 2 fully saturated rings. The van der Waals surface area contributed by atoms with Crippen molar-refractivity contribution in [3.8, 4) is 0 Å². The normalized spacial score (nSPS) is 21.3. The zero-order valence-electron chi connectivity index (χ0n) is 17.4. The second-order valence-electron chi connectivity index (χ2n) is 8.48. The quantitative estimate of drug-likeness (QED) is 0.740. The Morgan fingerprint density at radius 3 is 2.76 bits per heavy atom. The fraction of sp³-hybridized carbons (Fsp3) is 0.478. The number of aryl methyl sites for hydroxylation is 1. The van der Waals surface area contributed by atoms with Crippen molar-refractivity contribution in [1.82, 2.24) is 24.8 Å². The van der Waals surface area contributed by atoms with Crippen LogP contribution in [0, 0.1) is 6.92 Å². The molecule has 6 nitrogen and oxygen atoms in total. The number of aromatic amines is 1. The lowest BCUT2D eigenvalue weighted by molar-refractivity contribution is 0.238. The summed E-state index contributed by atoms with van der Waals surface area (Å²) < 4.78 is 0. The van der Waals surface area contributed by atoms with Gasteiger partial charge in [0, 0.05) is 32.4 Å². The molecule has 4 heterocycles. The number of anilines is 1. The first kappa shape index (κ1) is 18.6. The van der Waals surface area contributed by atoms with Gasteiger partial charge in [-0.3, -0.25) is 9.88 Å². The molecule has 2 aliphatic heterocycles. The molecule has 1 unspecified atom stereocenters. The minimum absolute atomic E-state index is 0.390. The van der Waals surface area contributed by atoms with Gasteiger partial charge in [-0.05, 0) is 57.1 Å². The molecule has 1 atom stereocenters. The maximum Gasteiger partial charge on any atom is 0.121 e. The van der Waals surface area contributed by atoms with Crippen molar-refractivity contribution in [1.29, 1.82) is 0 Å². The summed E-state index contributed by atoms with van der Waals surface area (Å²) in [6.45, 7) is 8.46. The molecule has 1 aromatic carbocycles.